The smallest absolute Gasteiger partial charge is 0.251 e. The van der Waals surface area contributed by atoms with E-state index in [-0.39, 0.29) is 5.91 Å². The lowest BCUT2D eigenvalue weighted by Crippen LogP contribution is -2.41. The summed E-state index contributed by atoms with van der Waals surface area (Å²) >= 11 is 0. The van der Waals surface area contributed by atoms with E-state index < -0.39 is 0 Å². The highest BCUT2D eigenvalue weighted by Crippen LogP contribution is 2.38. The van der Waals surface area contributed by atoms with Gasteiger partial charge in [0.2, 0.25) is 5.75 Å². The summed E-state index contributed by atoms with van der Waals surface area (Å²) in [5, 5.41) is 2.89. The van der Waals surface area contributed by atoms with E-state index in [9.17, 15) is 4.79 Å². The molecular weight excluding hydrogens is 272 g/mol. The Labute approximate surface area is 126 Å². The van der Waals surface area contributed by atoms with Crippen molar-refractivity contribution in [1.82, 2.24) is 5.32 Å². The molecule has 6 nitrogen and oxygen atoms in total. The third-order valence-corrected chi connectivity index (χ3v) is 3.00. The molecule has 0 saturated carbocycles. The van der Waals surface area contributed by atoms with Crippen LogP contribution in [-0.4, -0.2) is 66.0 Å². The Morgan fingerprint density at radius 2 is 1.57 bits per heavy atom. The van der Waals surface area contributed by atoms with Crippen LogP contribution in [0.2, 0.25) is 0 Å². The minimum Gasteiger partial charge on any atom is -0.493 e. The number of quaternary nitrogens is 1. The van der Waals surface area contributed by atoms with Crippen LogP contribution in [0, 0.1) is 0 Å². The number of benzene rings is 1. The van der Waals surface area contributed by atoms with Crippen molar-refractivity contribution in [1.29, 1.82) is 0 Å². The second-order valence-corrected chi connectivity index (χ2v) is 5.68. The molecule has 6 heteroatoms. The normalized spacial score (nSPS) is 11.0. The fourth-order valence-electron chi connectivity index (χ4n) is 1.82. The van der Waals surface area contributed by atoms with Crippen molar-refractivity contribution in [3.63, 3.8) is 0 Å². The van der Waals surface area contributed by atoms with Crippen LogP contribution in [0.5, 0.6) is 17.2 Å². The van der Waals surface area contributed by atoms with Crippen LogP contribution in [0.15, 0.2) is 12.1 Å². The van der Waals surface area contributed by atoms with Gasteiger partial charge in [-0.15, -0.1) is 0 Å². The molecule has 0 saturated heterocycles. The van der Waals surface area contributed by atoms with E-state index in [0.29, 0.717) is 29.4 Å². The molecule has 1 aromatic rings. The van der Waals surface area contributed by atoms with Gasteiger partial charge in [0.05, 0.1) is 55.6 Å². The van der Waals surface area contributed by atoms with Crippen LogP contribution in [0.3, 0.4) is 0 Å². The Balaban J connectivity index is 2.89. The molecule has 0 aliphatic heterocycles. The maximum Gasteiger partial charge on any atom is 0.251 e. The second kappa shape index (κ2) is 7.17. The Morgan fingerprint density at radius 3 is 1.95 bits per heavy atom. The number of amides is 1. The molecular formula is C15H25N2O4+. The number of methoxy groups -OCH3 is 3. The second-order valence-electron chi connectivity index (χ2n) is 5.68. The summed E-state index contributed by atoms with van der Waals surface area (Å²) < 4.78 is 16.5. The topological polar surface area (TPSA) is 56.8 Å². The lowest BCUT2D eigenvalue weighted by Gasteiger charge is -2.23. The van der Waals surface area contributed by atoms with E-state index in [0.717, 1.165) is 11.0 Å². The average molecular weight is 297 g/mol. The Morgan fingerprint density at radius 1 is 1.05 bits per heavy atom. The van der Waals surface area contributed by atoms with E-state index in [2.05, 4.69) is 26.5 Å². The first kappa shape index (κ1) is 17.1. The van der Waals surface area contributed by atoms with Gasteiger partial charge in [0.1, 0.15) is 0 Å². The fourth-order valence-corrected chi connectivity index (χ4v) is 1.82. The maximum absolute atomic E-state index is 12.2. The third kappa shape index (κ3) is 4.82. The lowest BCUT2D eigenvalue weighted by molar-refractivity contribution is -0.869. The van der Waals surface area contributed by atoms with Crippen LogP contribution in [0.1, 0.15) is 10.4 Å². The standard InChI is InChI=1S/C15H24N2O4/c1-17(2,3)8-7-16-15(18)11-9-12(19-4)14(21-6)13(10-11)20-5/h9-10H,7-8H2,1-6H3/p+1. The molecule has 1 aromatic carbocycles. The zero-order valence-corrected chi connectivity index (χ0v) is 13.6. The molecule has 0 aliphatic carbocycles. The van der Waals surface area contributed by atoms with Crippen LogP contribution >= 0.6 is 0 Å². The lowest BCUT2D eigenvalue weighted by atomic mass is 10.1. The van der Waals surface area contributed by atoms with E-state index >= 15 is 0 Å². The van der Waals surface area contributed by atoms with Gasteiger partial charge in [-0.3, -0.25) is 4.79 Å². The van der Waals surface area contributed by atoms with Gasteiger partial charge < -0.3 is 24.0 Å². The highest BCUT2D eigenvalue weighted by Gasteiger charge is 2.17. The van der Waals surface area contributed by atoms with Crippen LogP contribution in [-0.2, 0) is 0 Å². The molecule has 1 amide bonds. The van der Waals surface area contributed by atoms with Crippen molar-refractivity contribution in [2.24, 2.45) is 0 Å². The highest BCUT2D eigenvalue weighted by atomic mass is 16.5. The van der Waals surface area contributed by atoms with E-state index in [1.165, 1.54) is 21.3 Å². The van der Waals surface area contributed by atoms with Crippen LogP contribution < -0.4 is 19.5 Å². The van der Waals surface area contributed by atoms with Crippen molar-refractivity contribution >= 4 is 5.91 Å². The number of carbonyl (C=O) groups is 1. The molecule has 0 bridgehead atoms. The number of likely N-dealkylation sites (N-methyl/N-ethyl adjacent to an activating group) is 1. The predicted molar refractivity (Wildman–Crippen MR) is 81.3 cm³/mol. The summed E-state index contributed by atoms with van der Waals surface area (Å²) in [6, 6.07) is 3.28. The van der Waals surface area contributed by atoms with Crippen molar-refractivity contribution in [2.75, 3.05) is 55.6 Å². The van der Waals surface area contributed by atoms with E-state index in [1.807, 2.05) is 0 Å². The number of nitrogens with one attached hydrogen (secondary N) is 1. The summed E-state index contributed by atoms with van der Waals surface area (Å²) in [7, 11) is 10.8. The summed E-state index contributed by atoms with van der Waals surface area (Å²) in [5.41, 5.74) is 0.478. The van der Waals surface area contributed by atoms with Gasteiger partial charge in [0, 0.05) is 5.56 Å². The summed E-state index contributed by atoms with van der Waals surface area (Å²) in [6.07, 6.45) is 0. The highest BCUT2D eigenvalue weighted by molar-refractivity contribution is 5.95. The molecule has 0 unspecified atom stereocenters. The fraction of sp³-hybridized carbons (Fsp3) is 0.533. The number of carbonyl (C=O) groups excluding carboxylic acids is 1. The van der Waals surface area contributed by atoms with E-state index in [4.69, 9.17) is 14.2 Å². The summed E-state index contributed by atoms with van der Waals surface area (Å²) in [6.45, 7) is 1.44. The zero-order valence-electron chi connectivity index (χ0n) is 13.6. The number of rotatable bonds is 7. The molecule has 1 N–H and O–H groups in total. The first-order valence-corrected chi connectivity index (χ1v) is 6.71. The third-order valence-electron chi connectivity index (χ3n) is 3.00. The number of nitrogens with zero attached hydrogens (tertiary/aromatic N) is 1. The van der Waals surface area contributed by atoms with Gasteiger partial charge >= 0.3 is 0 Å². The monoisotopic (exact) mass is 297 g/mol. The molecule has 0 aromatic heterocycles. The molecule has 0 fully saturated rings. The number of ether oxygens (including phenoxy) is 3. The SMILES string of the molecule is COc1cc(C(=O)NCC[N+](C)(C)C)cc(OC)c1OC. The van der Waals surface area contributed by atoms with Gasteiger partial charge in [-0.05, 0) is 12.1 Å². The number of hydrogen-bond acceptors (Lipinski definition) is 4. The van der Waals surface area contributed by atoms with Crippen LogP contribution in [0.4, 0.5) is 0 Å². The average Bonchev–Trinajstić information content (AvgIpc) is 2.43. The van der Waals surface area contributed by atoms with E-state index in [1.54, 1.807) is 12.1 Å². The first-order chi connectivity index (χ1) is 9.82. The van der Waals surface area contributed by atoms with Gasteiger partial charge in [0.15, 0.2) is 11.5 Å². The van der Waals surface area contributed by atoms with Crippen molar-refractivity contribution < 1.29 is 23.5 Å². The molecule has 118 valence electrons. The largest absolute Gasteiger partial charge is 0.493 e. The molecule has 21 heavy (non-hydrogen) atoms. The minimum absolute atomic E-state index is 0.164. The van der Waals surface area contributed by atoms with Gasteiger partial charge in [0.25, 0.3) is 5.91 Å². The predicted octanol–water partition coefficient (Wildman–Crippen LogP) is 1.15. The Bertz CT molecular complexity index is 470. The van der Waals surface area contributed by atoms with Gasteiger partial charge in [-0.1, -0.05) is 0 Å². The molecule has 0 radical (unpaired) electrons. The van der Waals surface area contributed by atoms with Gasteiger partial charge in [-0.25, -0.2) is 0 Å². The first-order valence-electron chi connectivity index (χ1n) is 6.71. The summed E-state index contributed by atoms with van der Waals surface area (Å²) in [4.78, 5) is 12.2. The van der Waals surface area contributed by atoms with Crippen LogP contribution in [0.25, 0.3) is 0 Å². The molecule has 0 atom stereocenters. The molecule has 1 rings (SSSR count). The van der Waals surface area contributed by atoms with Gasteiger partial charge in [-0.2, -0.15) is 0 Å². The minimum atomic E-state index is -0.164. The van der Waals surface area contributed by atoms with Crippen molar-refractivity contribution in [2.45, 2.75) is 0 Å². The molecule has 0 heterocycles. The van der Waals surface area contributed by atoms with Crippen molar-refractivity contribution in [3.8, 4) is 17.2 Å². The van der Waals surface area contributed by atoms with Crippen molar-refractivity contribution in [3.05, 3.63) is 17.7 Å². The zero-order chi connectivity index (χ0) is 16.0. The molecule has 0 spiro atoms. The Kier molecular flexibility index (Phi) is 5.84. The quantitative estimate of drug-likeness (QED) is 0.767. The number of hydrogen-bond donors (Lipinski definition) is 1. The maximum atomic E-state index is 12.2. The Hall–Kier alpha value is -1.95. The molecule has 0 aliphatic rings. The summed E-state index contributed by atoms with van der Waals surface area (Å²) in [5.74, 6) is 1.24.